The molecule has 170 valence electrons. The van der Waals surface area contributed by atoms with Gasteiger partial charge in [0.25, 0.3) is 0 Å². The highest BCUT2D eigenvalue weighted by Crippen LogP contribution is 2.31. The molecule has 6 heteroatoms. The summed E-state index contributed by atoms with van der Waals surface area (Å²) in [6.45, 7) is 2.03. The molecule has 0 unspecified atom stereocenters. The summed E-state index contributed by atoms with van der Waals surface area (Å²) < 4.78 is 45.7. The summed E-state index contributed by atoms with van der Waals surface area (Å²) in [5.41, 5.74) is 2.27. The molecule has 0 saturated carbocycles. The topological polar surface area (TPSA) is 27.7 Å². The third-order valence-corrected chi connectivity index (χ3v) is 6.23. The van der Waals surface area contributed by atoms with E-state index in [1.165, 1.54) is 12.1 Å². The Kier molecular flexibility index (Phi) is 7.74. The molecule has 1 saturated heterocycles. The van der Waals surface area contributed by atoms with E-state index in [2.05, 4.69) is 0 Å². The average molecular weight is 461 g/mol. The molecule has 0 amide bonds. The van der Waals surface area contributed by atoms with Crippen LogP contribution in [0.4, 0.5) is 8.78 Å². The highest BCUT2D eigenvalue weighted by molar-refractivity contribution is 6.30. The number of rotatable bonds is 8. The lowest BCUT2D eigenvalue weighted by atomic mass is 9.98. The van der Waals surface area contributed by atoms with E-state index in [1.54, 1.807) is 25.3 Å². The molecule has 0 aromatic heterocycles. The molecular formula is C26H27ClF2O3. The van der Waals surface area contributed by atoms with Crippen molar-refractivity contribution < 1.29 is 23.0 Å². The van der Waals surface area contributed by atoms with Gasteiger partial charge in [-0.05, 0) is 60.4 Å². The van der Waals surface area contributed by atoms with Gasteiger partial charge in [-0.2, -0.15) is 0 Å². The Morgan fingerprint density at radius 2 is 1.81 bits per heavy atom. The molecule has 0 spiro atoms. The Hall–Kier alpha value is -2.05. The van der Waals surface area contributed by atoms with E-state index in [9.17, 15) is 4.39 Å². The van der Waals surface area contributed by atoms with Crippen LogP contribution in [0, 0.1) is 17.6 Å². The maximum atomic E-state index is 15.1. The Labute approximate surface area is 192 Å². The summed E-state index contributed by atoms with van der Waals surface area (Å²) in [5, 5.41) is 1.45. The van der Waals surface area contributed by atoms with Crippen molar-refractivity contribution in [3.63, 3.8) is 0 Å². The van der Waals surface area contributed by atoms with Crippen LogP contribution in [-0.4, -0.2) is 26.9 Å². The highest BCUT2D eigenvalue weighted by Gasteiger charge is 2.23. The van der Waals surface area contributed by atoms with Crippen molar-refractivity contribution in [2.75, 3.05) is 26.9 Å². The summed E-state index contributed by atoms with van der Waals surface area (Å²) in [5.74, 6) is -0.327. The number of aryl methyl sites for hydroxylation is 2. The van der Waals surface area contributed by atoms with Crippen molar-refractivity contribution in [1.82, 2.24) is 0 Å². The fourth-order valence-electron chi connectivity index (χ4n) is 4.09. The molecule has 1 heterocycles. The van der Waals surface area contributed by atoms with E-state index in [0.29, 0.717) is 42.9 Å². The van der Waals surface area contributed by atoms with Crippen molar-refractivity contribution >= 4 is 22.4 Å². The molecule has 0 atom stereocenters. The van der Waals surface area contributed by atoms with Crippen LogP contribution in [0.15, 0.2) is 48.5 Å². The van der Waals surface area contributed by atoms with Crippen molar-refractivity contribution in [3.8, 4) is 0 Å². The molecule has 3 nitrogen and oxygen atoms in total. The summed E-state index contributed by atoms with van der Waals surface area (Å²) in [6.07, 6.45) is 2.58. The summed E-state index contributed by atoms with van der Waals surface area (Å²) in [6, 6.07) is 14.0. The first-order chi connectivity index (χ1) is 15.5. The van der Waals surface area contributed by atoms with Gasteiger partial charge in [0.05, 0.1) is 18.2 Å². The normalized spacial score (nSPS) is 18.9. The molecule has 1 aliphatic rings. The maximum absolute atomic E-state index is 15.1. The monoisotopic (exact) mass is 460 g/mol. The molecule has 0 radical (unpaired) electrons. The first kappa shape index (κ1) is 23.1. The van der Waals surface area contributed by atoms with Crippen LogP contribution >= 0.6 is 11.6 Å². The van der Waals surface area contributed by atoms with Gasteiger partial charge in [-0.3, -0.25) is 0 Å². The van der Waals surface area contributed by atoms with Crippen LogP contribution in [0.25, 0.3) is 10.8 Å². The van der Waals surface area contributed by atoms with Gasteiger partial charge in [-0.15, -0.1) is 0 Å². The Morgan fingerprint density at radius 1 is 1.00 bits per heavy atom. The Morgan fingerprint density at radius 3 is 2.56 bits per heavy atom. The van der Waals surface area contributed by atoms with Crippen LogP contribution in [-0.2, 0) is 27.1 Å². The van der Waals surface area contributed by atoms with E-state index in [0.717, 1.165) is 36.0 Å². The lowest BCUT2D eigenvalue weighted by molar-refractivity contribution is -0.206. The zero-order chi connectivity index (χ0) is 22.5. The predicted octanol–water partition coefficient (Wildman–Crippen LogP) is 6.64. The second kappa shape index (κ2) is 10.7. The molecule has 0 aliphatic carbocycles. The molecule has 1 fully saturated rings. The summed E-state index contributed by atoms with van der Waals surface area (Å²) in [4.78, 5) is 0. The van der Waals surface area contributed by atoms with Gasteiger partial charge < -0.3 is 14.2 Å². The molecule has 32 heavy (non-hydrogen) atoms. The average Bonchev–Trinajstić information content (AvgIpc) is 2.81. The maximum Gasteiger partial charge on any atom is 0.183 e. The second-order valence-electron chi connectivity index (χ2n) is 8.27. The van der Waals surface area contributed by atoms with E-state index in [4.69, 9.17) is 25.8 Å². The van der Waals surface area contributed by atoms with E-state index < -0.39 is 12.1 Å². The van der Waals surface area contributed by atoms with Crippen molar-refractivity contribution in [1.29, 1.82) is 0 Å². The first-order valence-corrected chi connectivity index (χ1v) is 11.3. The number of halogens is 3. The molecule has 4 rings (SSSR count). The minimum atomic E-state index is -0.455. The van der Waals surface area contributed by atoms with Crippen LogP contribution in [0.2, 0.25) is 5.02 Å². The van der Waals surface area contributed by atoms with Crippen LogP contribution in [0.3, 0.4) is 0 Å². The lowest BCUT2D eigenvalue weighted by Crippen LogP contribution is -2.27. The van der Waals surface area contributed by atoms with Gasteiger partial charge in [-0.1, -0.05) is 41.9 Å². The minimum absolute atomic E-state index is 0.0916. The number of benzene rings is 3. The number of hydrogen-bond donors (Lipinski definition) is 0. The quantitative estimate of drug-likeness (QED) is 0.352. The number of hydrogen-bond acceptors (Lipinski definition) is 3. The zero-order valence-electron chi connectivity index (χ0n) is 18.1. The van der Waals surface area contributed by atoms with Gasteiger partial charge in [-0.25, -0.2) is 8.78 Å². The molecule has 3 aromatic carbocycles. The number of fused-ring (bicyclic) bond motifs is 1. The predicted molar refractivity (Wildman–Crippen MR) is 122 cm³/mol. The van der Waals surface area contributed by atoms with Crippen LogP contribution in [0.1, 0.15) is 35.8 Å². The van der Waals surface area contributed by atoms with Crippen molar-refractivity contribution in [3.05, 3.63) is 81.9 Å². The zero-order valence-corrected chi connectivity index (χ0v) is 18.8. The smallest absolute Gasteiger partial charge is 0.183 e. The van der Waals surface area contributed by atoms with Gasteiger partial charge in [0, 0.05) is 30.6 Å². The third kappa shape index (κ3) is 5.46. The van der Waals surface area contributed by atoms with Crippen LogP contribution in [0.5, 0.6) is 0 Å². The minimum Gasteiger partial charge on any atom is -0.385 e. The number of methoxy groups -OCH3 is 1. The van der Waals surface area contributed by atoms with Gasteiger partial charge in [0.15, 0.2) is 6.29 Å². The summed E-state index contributed by atoms with van der Waals surface area (Å²) >= 11 is 5.73. The highest BCUT2D eigenvalue weighted by atomic mass is 35.5. The molecule has 0 N–H and O–H groups in total. The summed E-state index contributed by atoms with van der Waals surface area (Å²) in [7, 11) is 1.70. The SMILES string of the molecule is COCCCC1COC(c2ccc3c(F)c(CCc4ccc(Cl)c(F)c4)ccc3c2)OC1. The van der Waals surface area contributed by atoms with Gasteiger partial charge >= 0.3 is 0 Å². The Bertz CT molecular complexity index is 1060. The lowest BCUT2D eigenvalue weighted by Gasteiger charge is -2.29. The first-order valence-electron chi connectivity index (χ1n) is 10.9. The molecular weight excluding hydrogens is 434 g/mol. The fourth-order valence-corrected chi connectivity index (χ4v) is 4.21. The Balaban J connectivity index is 1.41. The van der Waals surface area contributed by atoms with E-state index in [1.807, 2.05) is 18.2 Å². The molecule has 1 aliphatic heterocycles. The largest absolute Gasteiger partial charge is 0.385 e. The van der Waals surface area contributed by atoms with Gasteiger partial charge in [0.2, 0.25) is 0 Å². The standard InChI is InChI=1S/C26H27ClF2O3/c1-30-12-2-3-18-15-31-26(32-16-18)21-9-10-22-20(14-21)8-7-19(25(22)29)6-4-17-5-11-23(27)24(28)13-17/h5,7-11,13-14,18,26H,2-4,6,12,15-16H2,1H3. The van der Waals surface area contributed by atoms with Crippen LogP contribution < -0.4 is 0 Å². The molecule has 0 bridgehead atoms. The fraction of sp³-hybridized carbons (Fsp3) is 0.385. The van der Waals surface area contributed by atoms with Crippen molar-refractivity contribution in [2.24, 2.45) is 5.92 Å². The second-order valence-corrected chi connectivity index (χ2v) is 8.67. The third-order valence-electron chi connectivity index (χ3n) is 5.92. The number of ether oxygens (including phenoxy) is 3. The van der Waals surface area contributed by atoms with E-state index >= 15 is 4.39 Å². The van der Waals surface area contributed by atoms with E-state index in [-0.39, 0.29) is 10.8 Å². The van der Waals surface area contributed by atoms with Gasteiger partial charge in [0.1, 0.15) is 11.6 Å². The van der Waals surface area contributed by atoms with Crippen molar-refractivity contribution in [2.45, 2.75) is 32.0 Å². The molecule has 3 aromatic rings.